The van der Waals surface area contributed by atoms with Crippen LogP contribution in [0.1, 0.15) is 33.6 Å². The van der Waals surface area contributed by atoms with E-state index in [1.54, 1.807) is 6.33 Å². The minimum absolute atomic E-state index is 0.494. The van der Waals surface area contributed by atoms with E-state index in [-0.39, 0.29) is 0 Å². The Morgan fingerprint density at radius 1 is 1.38 bits per heavy atom. The fourth-order valence-electron chi connectivity index (χ4n) is 1.39. The highest BCUT2D eigenvalue weighted by Crippen LogP contribution is 2.15. The van der Waals surface area contributed by atoms with E-state index in [1.165, 1.54) is 0 Å². The Bertz CT molecular complexity index is 314. The first-order valence-electron chi connectivity index (χ1n) is 5.97. The van der Waals surface area contributed by atoms with Gasteiger partial charge in [-0.25, -0.2) is 9.97 Å². The van der Waals surface area contributed by atoms with E-state index >= 15 is 0 Å². The van der Waals surface area contributed by atoms with E-state index in [9.17, 15) is 0 Å². The van der Waals surface area contributed by atoms with E-state index in [1.807, 2.05) is 6.07 Å². The van der Waals surface area contributed by atoms with Gasteiger partial charge in [-0.05, 0) is 19.8 Å². The number of hydrogen-bond donors (Lipinski definition) is 1. The predicted molar refractivity (Wildman–Crippen MR) is 69.0 cm³/mol. The summed E-state index contributed by atoms with van der Waals surface area (Å²) < 4.78 is 0. The molecular weight excluding hydrogens is 200 g/mol. The predicted octanol–water partition coefficient (Wildman–Crippen LogP) is 2.53. The van der Waals surface area contributed by atoms with Crippen molar-refractivity contribution < 1.29 is 0 Å². The lowest BCUT2D eigenvalue weighted by atomic mass is 10.2. The Balaban J connectivity index is 2.73. The molecule has 0 amide bonds. The van der Waals surface area contributed by atoms with E-state index in [0.29, 0.717) is 6.04 Å². The highest BCUT2D eigenvalue weighted by Gasteiger charge is 2.09. The lowest BCUT2D eigenvalue weighted by Gasteiger charge is -2.24. The van der Waals surface area contributed by atoms with Crippen LogP contribution in [0.2, 0.25) is 0 Å². The van der Waals surface area contributed by atoms with Crippen LogP contribution in [0.25, 0.3) is 0 Å². The monoisotopic (exact) mass is 222 g/mol. The molecule has 0 radical (unpaired) electrons. The zero-order chi connectivity index (χ0) is 12.0. The maximum Gasteiger partial charge on any atom is 0.134 e. The number of nitrogens with one attached hydrogen (secondary N) is 1. The van der Waals surface area contributed by atoms with E-state index in [4.69, 9.17) is 0 Å². The normalized spacial score (nSPS) is 12.2. The molecule has 0 fully saturated rings. The van der Waals surface area contributed by atoms with Crippen molar-refractivity contribution in [1.29, 1.82) is 0 Å². The molecule has 0 saturated heterocycles. The molecule has 1 atom stereocenters. The molecule has 1 rings (SSSR count). The van der Waals surface area contributed by atoms with Crippen LogP contribution in [0, 0.1) is 0 Å². The Labute approximate surface area is 98.1 Å². The van der Waals surface area contributed by atoms with Gasteiger partial charge < -0.3 is 10.2 Å². The van der Waals surface area contributed by atoms with Crippen molar-refractivity contribution >= 4 is 11.6 Å². The van der Waals surface area contributed by atoms with Gasteiger partial charge in [0.05, 0.1) is 0 Å². The fourth-order valence-corrected chi connectivity index (χ4v) is 1.39. The first-order chi connectivity index (χ1) is 7.69. The van der Waals surface area contributed by atoms with Crippen molar-refractivity contribution in [2.75, 3.05) is 23.8 Å². The molecule has 90 valence electrons. The highest BCUT2D eigenvalue weighted by molar-refractivity contribution is 5.48. The summed E-state index contributed by atoms with van der Waals surface area (Å²) in [6, 6.07) is 2.50. The van der Waals surface area contributed by atoms with Crippen molar-refractivity contribution in [3.05, 3.63) is 12.4 Å². The Hall–Kier alpha value is -1.32. The number of nitrogens with zero attached hydrogens (tertiary/aromatic N) is 3. The molecule has 0 aromatic carbocycles. The molecule has 0 spiro atoms. The first-order valence-corrected chi connectivity index (χ1v) is 5.97. The van der Waals surface area contributed by atoms with Crippen LogP contribution in [-0.4, -0.2) is 29.6 Å². The fraction of sp³-hybridized carbons (Fsp3) is 0.667. The zero-order valence-corrected chi connectivity index (χ0v) is 10.7. The van der Waals surface area contributed by atoms with Crippen molar-refractivity contribution in [3.63, 3.8) is 0 Å². The molecule has 0 aliphatic carbocycles. The molecule has 1 N–H and O–H groups in total. The van der Waals surface area contributed by atoms with E-state index in [2.05, 4.69) is 48.0 Å². The van der Waals surface area contributed by atoms with Gasteiger partial charge in [-0.1, -0.05) is 13.8 Å². The van der Waals surface area contributed by atoms with Crippen LogP contribution in [0.5, 0.6) is 0 Å². The van der Waals surface area contributed by atoms with Crippen molar-refractivity contribution in [1.82, 2.24) is 9.97 Å². The van der Waals surface area contributed by atoms with Crippen LogP contribution < -0.4 is 10.2 Å². The molecule has 0 aliphatic rings. The van der Waals surface area contributed by atoms with Gasteiger partial charge in [0.15, 0.2) is 0 Å². The average molecular weight is 222 g/mol. The summed E-state index contributed by atoms with van der Waals surface area (Å²) in [7, 11) is 2.07. The lowest BCUT2D eigenvalue weighted by Crippen LogP contribution is -2.28. The molecule has 1 aromatic heterocycles. The maximum atomic E-state index is 4.29. The largest absolute Gasteiger partial charge is 0.370 e. The molecule has 4 heteroatoms. The minimum atomic E-state index is 0.494. The second-order valence-electron chi connectivity index (χ2n) is 4.06. The third-order valence-corrected chi connectivity index (χ3v) is 2.82. The van der Waals surface area contributed by atoms with Gasteiger partial charge in [-0.2, -0.15) is 0 Å². The van der Waals surface area contributed by atoms with Gasteiger partial charge in [0, 0.05) is 25.7 Å². The summed E-state index contributed by atoms with van der Waals surface area (Å²) in [5, 5.41) is 3.27. The Morgan fingerprint density at radius 2 is 2.12 bits per heavy atom. The molecule has 1 aromatic rings. The Morgan fingerprint density at radius 3 is 2.75 bits per heavy atom. The van der Waals surface area contributed by atoms with Crippen LogP contribution in [-0.2, 0) is 0 Å². The lowest BCUT2D eigenvalue weighted by molar-refractivity contribution is 0.656. The van der Waals surface area contributed by atoms with Crippen LogP contribution >= 0.6 is 0 Å². The molecule has 0 bridgehead atoms. The third-order valence-electron chi connectivity index (χ3n) is 2.82. The molecule has 1 unspecified atom stereocenters. The second kappa shape index (κ2) is 6.30. The van der Waals surface area contributed by atoms with Crippen molar-refractivity contribution in [2.24, 2.45) is 0 Å². The molecule has 4 nitrogen and oxygen atoms in total. The quantitative estimate of drug-likeness (QED) is 0.803. The first kappa shape index (κ1) is 12.7. The van der Waals surface area contributed by atoms with Gasteiger partial charge in [0.25, 0.3) is 0 Å². The average Bonchev–Trinajstić information content (AvgIpc) is 2.34. The molecule has 1 heterocycles. The van der Waals surface area contributed by atoms with Gasteiger partial charge in [0.2, 0.25) is 0 Å². The number of rotatable bonds is 6. The highest BCUT2D eigenvalue weighted by atomic mass is 15.2. The van der Waals surface area contributed by atoms with E-state index in [0.717, 1.165) is 31.0 Å². The number of aromatic nitrogens is 2. The summed E-state index contributed by atoms with van der Waals surface area (Å²) in [6.07, 6.45) is 3.82. The summed E-state index contributed by atoms with van der Waals surface area (Å²) >= 11 is 0. The van der Waals surface area contributed by atoms with Crippen molar-refractivity contribution in [2.45, 2.75) is 39.7 Å². The third kappa shape index (κ3) is 3.36. The smallest absolute Gasteiger partial charge is 0.134 e. The summed E-state index contributed by atoms with van der Waals surface area (Å²) in [5.41, 5.74) is 0. The molecule has 0 saturated carbocycles. The van der Waals surface area contributed by atoms with Crippen LogP contribution in [0.15, 0.2) is 12.4 Å². The van der Waals surface area contributed by atoms with Gasteiger partial charge in [-0.3, -0.25) is 0 Å². The van der Waals surface area contributed by atoms with E-state index < -0.39 is 0 Å². The SMILES string of the molecule is CCCNc1cc(N(C)C(C)CC)ncn1. The van der Waals surface area contributed by atoms with Gasteiger partial charge in [-0.15, -0.1) is 0 Å². The number of anilines is 2. The van der Waals surface area contributed by atoms with Gasteiger partial charge >= 0.3 is 0 Å². The topological polar surface area (TPSA) is 41.0 Å². The standard InChI is InChI=1S/C12H22N4/c1-5-7-13-11-8-12(15-9-14-11)16(4)10(3)6-2/h8-10H,5-7H2,1-4H3,(H,13,14,15). The van der Waals surface area contributed by atoms with Crippen molar-refractivity contribution in [3.8, 4) is 0 Å². The summed E-state index contributed by atoms with van der Waals surface area (Å²) in [4.78, 5) is 10.7. The zero-order valence-electron chi connectivity index (χ0n) is 10.7. The Kier molecular flexibility index (Phi) is 5.02. The van der Waals surface area contributed by atoms with Gasteiger partial charge in [0.1, 0.15) is 18.0 Å². The van der Waals surface area contributed by atoms with Crippen LogP contribution in [0.4, 0.5) is 11.6 Å². The number of hydrogen-bond acceptors (Lipinski definition) is 4. The molecule has 16 heavy (non-hydrogen) atoms. The second-order valence-corrected chi connectivity index (χ2v) is 4.06. The minimum Gasteiger partial charge on any atom is -0.370 e. The summed E-state index contributed by atoms with van der Waals surface area (Å²) in [6.45, 7) is 7.46. The maximum absolute atomic E-state index is 4.29. The molecular formula is C12H22N4. The molecule has 0 aliphatic heterocycles. The summed E-state index contributed by atoms with van der Waals surface area (Å²) in [5.74, 6) is 1.88. The van der Waals surface area contributed by atoms with Crippen LogP contribution in [0.3, 0.4) is 0 Å².